The highest BCUT2D eigenvalue weighted by atomic mass is 32.2. The highest BCUT2D eigenvalue weighted by Gasteiger charge is 2.05. The van der Waals surface area contributed by atoms with Gasteiger partial charge in [0.25, 0.3) is 0 Å². The van der Waals surface area contributed by atoms with Crippen LogP contribution in [0.1, 0.15) is 18.9 Å². The molecule has 1 aromatic carbocycles. The maximum atomic E-state index is 3.61. The summed E-state index contributed by atoms with van der Waals surface area (Å²) in [5.41, 5.74) is 1.43. The zero-order valence-electron chi connectivity index (χ0n) is 10.4. The number of nitrogens with one attached hydrogen (secondary N) is 1. The van der Waals surface area contributed by atoms with Crippen molar-refractivity contribution in [2.45, 2.75) is 25.9 Å². The summed E-state index contributed by atoms with van der Waals surface area (Å²) in [4.78, 5) is 0. The van der Waals surface area contributed by atoms with Crippen LogP contribution < -0.4 is 5.32 Å². The van der Waals surface area contributed by atoms with E-state index in [-0.39, 0.29) is 0 Å². The molecule has 0 fully saturated rings. The third-order valence-electron chi connectivity index (χ3n) is 2.96. The first-order chi connectivity index (χ1) is 8.31. The van der Waals surface area contributed by atoms with Crippen LogP contribution in [0.2, 0.25) is 0 Å². The molecule has 2 aromatic rings. The van der Waals surface area contributed by atoms with E-state index in [1.165, 1.54) is 27.8 Å². The van der Waals surface area contributed by atoms with Gasteiger partial charge in [-0.25, -0.2) is 0 Å². The molecule has 0 aliphatic carbocycles. The average molecular weight is 265 g/mol. The van der Waals surface area contributed by atoms with Crippen molar-refractivity contribution in [2.24, 2.45) is 0 Å². The monoisotopic (exact) mass is 265 g/mol. The number of benzene rings is 1. The van der Waals surface area contributed by atoms with Crippen LogP contribution in [0, 0.1) is 0 Å². The molecule has 3 heteroatoms. The summed E-state index contributed by atoms with van der Waals surface area (Å²) in [6.07, 6.45) is 3.41. The van der Waals surface area contributed by atoms with Gasteiger partial charge in [0.1, 0.15) is 0 Å². The van der Waals surface area contributed by atoms with E-state index in [1.54, 1.807) is 0 Å². The third-order valence-corrected chi connectivity index (χ3v) is 4.61. The van der Waals surface area contributed by atoms with Gasteiger partial charge in [0.15, 0.2) is 0 Å². The molecule has 0 amide bonds. The lowest BCUT2D eigenvalue weighted by Gasteiger charge is -2.12. The van der Waals surface area contributed by atoms with Gasteiger partial charge in [-0.2, -0.15) is 11.8 Å². The number of hydrogen-bond donors (Lipinski definition) is 1. The van der Waals surface area contributed by atoms with Gasteiger partial charge >= 0.3 is 0 Å². The molecule has 0 spiro atoms. The zero-order chi connectivity index (χ0) is 12.1. The fourth-order valence-electron chi connectivity index (χ4n) is 1.85. The van der Waals surface area contributed by atoms with Crippen LogP contribution in [0.5, 0.6) is 0 Å². The van der Waals surface area contributed by atoms with Crippen LogP contribution >= 0.6 is 23.1 Å². The average Bonchev–Trinajstić information content (AvgIpc) is 2.77. The Balaban J connectivity index is 1.95. The van der Waals surface area contributed by atoms with Crippen molar-refractivity contribution in [2.75, 3.05) is 12.0 Å². The van der Waals surface area contributed by atoms with Crippen LogP contribution in [-0.4, -0.2) is 18.1 Å². The number of rotatable bonds is 6. The molecule has 0 radical (unpaired) electrons. The summed E-state index contributed by atoms with van der Waals surface area (Å²) in [5.74, 6) is 1.23. The van der Waals surface area contributed by atoms with Gasteiger partial charge in [-0.15, -0.1) is 11.3 Å². The van der Waals surface area contributed by atoms with Crippen LogP contribution in [0.3, 0.4) is 0 Å². The summed E-state index contributed by atoms with van der Waals surface area (Å²) < 4.78 is 1.39. The largest absolute Gasteiger partial charge is 0.310 e. The molecule has 2 rings (SSSR count). The van der Waals surface area contributed by atoms with Crippen LogP contribution in [-0.2, 0) is 6.54 Å². The van der Waals surface area contributed by atoms with Crippen molar-refractivity contribution in [3.05, 3.63) is 35.2 Å². The zero-order valence-corrected chi connectivity index (χ0v) is 12.0. The maximum Gasteiger partial charge on any atom is 0.0346 e. The van der Waals surface area contributed by atoms with E-state index in [1.807, 2.05) is 23.1 Å². The molecule has 1 nitrogen and oxygen atoms in total. The van der Waals surface area contributed by atoms with Gasteiger partial charge in [0.2, 0.25) is 0 Å². The molecule has 0 bridgehead atoms. The second-order valence-electron chi connectivity index (χ2n) is 4.32. The number of thioether (sulfide) groups is 1. The first-order valence-corrected chi connectivity index (χ1v) is 8.26. The van der Waals surface area contributed by atoms with E-state index in [2.05, 4.69) is 48.1 Å². The Hall–Kier alpha value is -0.510. The first kappa shape index (κ1) is 12.9. The molecule has 1 aromatic heterocycles. The lowest BCUT2D eigenvalue weighted by atomic mass is 10.1. The first-order valence-electron chi connectivity index (χ1n) is 5.98. The lowest BCUT2D eigenvalue weighted by molar-refractivity contribution is 0.539. The van der Waals surface area contributed by atoms with E-state index in [0.29, 0.717) is 6.04 Å². The van der Waals surface area contributed by atoms with E-state index < -0.39 is 0 Å². The van der Waals surface area contributed by atoms with Gasteiger partial charge in [0.05, 0.1) is 0 Å². The highest BCUT2D eigenvalue weighted by Crippen LogP contribution is 2.25. The minimum Gasteiger partial charge on any atom is -0.310 e. The van der Waals surface area contributed by atoms with Gasteiger partial charge in [0, 0.05) is 17.3 Å². The number of thiophene rings is 1. The standard InChI is InChI=1S/C14H19NS2/c1-11(7-8-16-2)15-9-12-10-17-14-6-4-3-5-13(12)14/h3-6,10-11,15H,7-9H2,1-2H3. The second kappa shape index (κ2) is 6.43. The number of hydrogen-bond acceptors (Lipinski definition) is 3. The van der Waals surface area contributed by atoms with Gasteiger partial charge < -0.3 is 5.32 Å². The van der Waals surface area contributed by atoms with Crippen molar-refractivity contribution < 1.29 is 0 Å². The molecule has 17 heavy (non-hydrogen) atoms. The van der Waals surface area contributed by atoms with Crippen LogP contribution in [0.4, 0.5) is 0 Å². The Bertz CT molecular complexity index is 464. The Morgan fingerprint density at radius 2 is 2.18 bits per heavy atom. The molecular weight excluding hydrogens is 246 g/mol. The molecule has 0 saturated heterocycles. The fourth-order valence-corrected chi connectivity index (χ4v) is 3.40. The topological polar surface area (TPSA) is 12.0 Å². The molecule has 0 aliphatic rings. The number of fused-ring (bicyclic) bond motifs is 1. The summed E-state index contributed by atoms with van der Waals surface area (Å²) in [6, 6.07) is 9.24. The molecule has 1 heterocycles. The second-order valence-corrected chi connectivity index (χ2v) is 6.22. The van der Waals surface area contributed by atoms with Gasteiger partial charge in [-0.3, -0.25) is 0 Å². The predicted octanol–water partition coefficient (Wildman–Crippen LogP) is 4.13. The predicted molar refractivity (Wildman–Crippen MR) is 81.1 cm³/mol. The van der Waals surface area contributed by atoms with E-state index in [9.17, 15) is 0 Å². The van der Waals surface area contributed by atoms with Crippen molar-refractivity contribution in [1.82, 2.24) is 5.32 Å². The van der Waals surface area contributed by atoms with Crippen LogP contribution in [0.15, 0.2) is 29.6 Å². The van der Waals surface area contributed by atoms with Crippen molar-refractivity contribution >= 4 is 33.2 Å². The molecular formula is C14H19NS2. The van der Waals surface area contributed by atoms with Crippen molar-refractivity contribution in [3.63, 3.8) is 0 Å². The molecule has 1 N–H and O–H groups in total. The quantitative estimate of drug-likeness (QED) is 0.842. The lowest BCUT2D eigenvalue weighted by Crippen LogP contribution is -2.25. The summed E-state index contributed by atoms with van der Waals surface area (Å²) in [6.45, 7) is 3.25. The molecule has 92 valence electrons. The Morgan fingerprint density at radius 1 is 1.35 bits per heavy atom. The smallest absolute Gasteiger partial charge is 0.0346 e. The van der Waals surface area contributed by atoms with Crippen LogP contribution in [0.25, 0.3) is 10.1 Å². The summed E-state index contributed by atoms with van der Waals surface area (Å²) in [7, 11) is 0. The van der Waals surface area contributed by atoms with Crippen molar-refractivity contribution in [3.8, 4) is 0 Å². The molecule has 1 unspecified atom stereocenters. The summed E-state index contributed by atoms with van der Waals surface area (Å²) >= 11 is 3.76. The molecule has 1 atom stereocenters. The Morgan fingerprint density at radius 3 is 3.00 bits per heavy atom. The van der Waals surface area contributed by atoms with Crippen molar-refractivity contribution in [1.29, 1.82) is 0 Å². The van der Waals surface area contributed by atoms with E-state index in [0.717, 1.165) is 6.54 Å². The highest BCUT2D eigenvalue weighted by molar-refractivity contribution is 7.98. The normalized spacial score (nSPS) is 13.1. The third kappa shape index (κ3) is 3.47. The molecule has 0 saturated carbocycles. The minimum absolute atomic E-state index is 0.598. The SMILES string of the molecule is CSCCC(C)NCc1csc2ccccc12. The minimum atomic E-state index is 0.598. The van der Waals surface area contributed by atoms with E-state index in [4.69, 9.17) is 0 Å². The van der Waals surface area contributed by atoms with Gasteiger partial charge in [-0.05, 0) is 47.7 Å². The molecule has 0 aliphatic heterocycles. The fraction of sp³-hybridized carbons (Fsp3) is 0.429. The van der Waals surface area contributed by atoms with Gasteiger partial charge in [-0.1, -0.05) is 18.2 Å². The Kier molecular flexibility index (Phi) is 4.89. The summed E-state index contributed by atoms with van der Waals surface area (Å²) in [5, 5.41) is 7.29. The van der Waals surface area contributed by atoms with E-state index >= 15 is 0 Å². The maximum absolute atomic E-state index is 3.61. The Labute approximate surface area is 112 Å².